The van der Waals surface area contributed by atoms with Gasteiger partial charge in [-0.15, -0.1) is 0 Å². The molecule has 0 aliphatic carbocycles. The minimum atomic E-state index is -0.213. The Kier molecular flexibility index (Phi) is 3.95. The van der Waals surface area contributed by atoms with E-state index in [-0.39, 0.29) is 11.9 Å². The van der Waals surface area contributed by atoms with E-state index in [0.29, 0.717) is 4.47 Å². The van der Waals surface area contributed by atoms with Crippen molar-refractivity contribution in [1.82, 2.24) is 4.90 Å². The molecule has 1 saturated heterocycles. The van der Waals surface area contributed by atoms with Gasteiger partial charge < -0.3 is 5.11 Å². The summed E-state index contributed by atoms with van der Waals surface area (Å²) in [7, 11) is 0. The van der Waals surface area contributed by atoms with Crippen LogP contribution in [0, 0.1) is 5.82 Å². The summed E-state index contributed by atoms with van der Waals surface area (Å²) < 4.78 is 13.8. The van der Waals surface area contributed by atoms with Gasteiger partial charge in [0.2, 0.25) is 0 Å². The van der Waals surface area contributed by atoms with E-state index in [4.69, 9.17) is 0 Å². The summed E-state index contributed by atoms with van der Waals surface area (Å²) in [4.78, 5) is 2.24. The van der Waals surface area contributed by atoms with Crippen LogP contribution in [-0.2, 0) is 6.54 Å². The van der Waals surface area contributed by atoms with Gasteiger partial charge in [-0.2, -0.15) is 0 Å². The normalized spacial score (nSPS) is 18.9. The number of rotatable bonds is 2. The van der Waals surface area contributed by atoms with Crippen LogP contribution >= 0.6 is 15.9 Å². The third-order valence-electron chi connectivity index (χ3n) is 2.98. The molecule has 1 aromatic rings. The number of hydrogen-bond donors (Lipinski definition) is 1. The second kappa shape index (κ2) is 5.25. The van der Waals surface area contributed by atoms with Gasteiger partial charge in [-0.05, 0) is 40.4 Å². The highest BCUT2D eigenvalue weighted by molar-refractivity contribution is 9.10. The maximum Gasteiger partial charge on any atom is 0.137 e. The molecule has 4 heteroatoms. The average Bonchev–Trinajstić information content (AvgIpc) is 2.28. The lowest BCUT2D eigenvalue weighted by molar-refractivity contribution is 0.0791. The molecule has 0 unspecified atom stereocenters. The summed E-state index contributed by atoms with van der Waals surface area (Å²) in [6, 6.07) is 5.11. The molecule has 16 heavy (non-hydrogen) atoms. The molecule has 1 heterocycles. The first-order valence-electron chi connectivity index (χ1n) is 5.50. The molecular weight excluding hydrogens is 273 g/mol. The summed E-state index contributed by atoms with van der Waals surface area (Å²) in [5.41, 5.74) is 0.969. The lowest BCUT2D eigenvalue weighted by atomic mass is 10.1. The number of likely N-dealkylation sites (tertiary alicyclic amines) is 1. The number of nitrogens with zero attached hydrogens (tertiary/aromatic N) is 1. The highest BCUT2D eigenvalue weighted by Crippen LogP contribution is 2.23. The molecule has 0 saturated carbocycles. The van der Waals surface area contributed by atoms with Crippen LogP contribution in [0.2, 0.25) is 0 Å². The Labute approximate surface area is 103 Å². The van der Waals surface area contributed by atoms with Crippen molar-refractivity contribution in [3.05, 3.63) is 34.1 Å². The van der Waals surface area contributed by atoms with Crippen molar-refractivity contribution in [3.63, 3.8) is 0 Å². The van der Waals surface area contributed by atoms with Crippen LogP contribution in [0.5, 0.6) is 0 Å². The largest absolute Gasteiger partial charge is 0.393 e. The third-order valence-corrected chi connectivity index (χ3v) is 3.87. The molecule has 88 valence electrons. The molecule has 2 nitrogen and oxygen atoms in total. The quantitative estimate of drug-likeness (QED) is 0.904. The van der Waals surface area contributed by atoms with Gasteiger partial charge in [-0.25, -0.2) is 4.39 Å². The third kappa shape index (κ3) is 2.81. The van der Waals surface area contributed by atoms with Crippen LogP contribution in [0.1, 0.15) is 18.4 Å². The van der Waals surface area contributed by atoms with Crippen LogP contribution in [0.3, 0.4) is 0 Å². The number of aliphatic hydroxyl groups is 1. The minimum absolute atomic E-state index is 0.160. The van der Waals surface area contributed by atoms with Crippen molar-refractivity contribution >= 4 is 15.9 Å². The molecule has 0 aromatic heterocycles. The lowest BCUT2D eigenvalue weighted by Crippen LogP contribution is -2.35. The number of halogens is 2. The van der Waals surface area contributed by atoms with Gasteiger partial charge in [0.1, 0.15) is 5.82 Å². The van der Waals surface area contributed by atoms with E-state index < -0.39 is 0 Å². The molecule has 0 radical (unpaired) electrons. The summed E-state index contributed by atoms with van der Waals surface area (Å²) in [5, 5.41) is 9.40. The van der Waals surface area contributed by atoms with Crippen LogP contribution < -0.4 is 0 Å². The Hall–Kier alpha value is -0.450. The van der Waals surface area contributed by atoms with Crippen molar-refractivity contribution in [2.45, 2.75) is 25.5 Å². The molecule has 2 rings (SSSR count). The Morgan fingerprint density at radius 2 is 2.06 bits per heavy atom. The highest BCUT2D eigenvalue weighted by atomic mass is 79.9. The molecule has 1 aromatic carbocycles. The predicted molar refractivity (Wildman–Crippen MR) is 64.6 cm³/mol. The first-order valence-corrected chi connectivity index (χ1v) is 6.29. The van der Waals surface area contributed by atoms with Crippen molar-refractivity contribution in [1.29, 1.82) is 0 Å². The maximum absolute atomic E-state index is 13.3. The van der Waals surface area contributed by atoms with E-state index in [1.165, 1.54) is 6.07 Å². The number of piperidine rings is 1. The van der Waals surface area contributed by atoms with Gasteiger partial charge in [-0.3, -0.25) is 4.90 Å². The van der Waals surface area contributed by atoms with Crippen LogP contribution in [-0.4, -0.2) is 29.2 Å². The van der Waals surface area contributed by atoms with Crippen molar-refractivity contribution in [2.75, 3.05) is 13.1 Å². The lowest BCUT2D eigenvalue weighted by Gasteiger charge is -2.29. The summed E-state index contributed by atoms with van der Waals surface area (Å²) >= 11 is 3.27. The summed E-state index contributed by atoms with van der Waals surface area (Å²) in [6.45, 7) is 2.50. The van der Waals surface area contributed by atoms with Gasteiger partial charge in [0.05, 0.1) is 10.6 Å². The molecule has 1 N–H and O–H groups in total. The molecular formula is C12H15BrFNO. The first-order chi connectivity index (χ1) is 7.66. The smallest absolute Gasteiger partial charge is 0.137 e. The van der Waals surface area contributed by atoms with Crippen molar-refractivity contribution in [3.8, 4) is 0 Å². The molecule has 1 aliphatic heterocycles. The molecule has 0 atom stereocenters. The van der Waals surface area contributed by atoms with Crippen LogP contribution in [0.15, 0.2) is 22.7 Å². The molecule has 0 spiro atoms. The maximum atomic E-state index is 13.3. The summed E-state index contributed by atoms with van der Waals surface area (Å²) in [6.07, 6.45) is 1.46. The highest BCUT2D eigenvalue weighted by Gasteiger charge is 2.18. The van der Waals surface area contributed by atoms with E-state index in [9.17, 15) is 9.50 Å². The average molecular weight is 288 g/mol. The second-order valence-electron chi connectivity index (χ2n) is 4.22. The van der Waals surface area contributed by atoms with Gasteiger partial charge in [0.25, 0.3) is 0 Å². The van der Waals surface area contributed by atoms with E-state index in [0.717, 1.165) is 38.0 Å². The van der Waals surface area contributed by atoms with Gasteiger partial charge in [0, 0.05) is 19.6 Å². The number of hydrogen-bond acceptors (Lipinski definition) is 2. The fourth-order valence-electron chi connectivity index (χ4n) is 1.99. The predicted octanol–water partition coefficient (Wildman–Crippen LogP) is 2.54. The topological polar surface area (TPSA) is 23.5 Å². The Morgan fingerprint density at radius 1 is 1.38 bits per heavy atom. The van der Waals surface area contributed by atoms with E-state index in [1.807, 2.05) is 6.07 Å². The Morgan fingerprint density at radius 3 is 2.75 bits per heavy atom. The molecule has 0 bridgehead atoms. The minimum Gasteiger partial charge on any atom is -0.393 e. The molecule has 1 aliphatic rings. The van der Waals surface area contributed by atoms with Gasteiger partial charge in [0.15, 0.2) is 0 Å². The fourth-order valence-corrected chi connectivity index (χ4v) is 2.38. The van der Waals surface area contributed by atoms with E-state index >= 15 is 0 Å². The van der Waals surface area contributed by atoms with Gasteiger partial charge in [-0.1, -0.05) is 12.1 Å². The van der Waals surface area contributed by atoms with E-state index in [1.54, 1.807) is 6.07 Å². The second-order valence-corrected chi connectivity index (χ2v) is 5.01. The van der Waals surface area contributed by atoms with Crippen molar-refractivity contribution < 1.29 is 9.50 Å². The SMILES string of the molecule is OC1CCN(Cc2cccc(F)c2Br)CC1. The van der Waals surface area contributed by atoms with Crippen LogP contribution in [0.4, 0.5) is 4.39 Å². The number of aliphatic hydroxyl groups excluding tert-OH is 1. The Balaban J connectivity index is 2.01. The monoisotopic (exact) mass is 287 g/mol. The zero-order valence-electron chi connectivity index (χ0n) is 9.00. The molecule has 1 fully saturated rings. The summed E-state index contributed by atoms with van der Waals surface area (Å²) in [5.74, 6) is -0.213. The first kappa shape index (κ1) is 12.0. The Bertz CT molecular complexity index is 364. The molecule has 0 amide bonds. The van der Waals surface area contributed by atoms with E-state index in [2.05, 4.69) is 20.8 Å². The number of benzene rings is 1. The zero-order valence-corrected chi connectivity index (χ0v) is 10.6. The van der Waals surface area contributed by atoms with Gasteiger partial charge >= 0.3 is 0 Å². The standard InChI is InChI=1S/C12H15BrFNO/c13-12-9(2-1-3-11(12)14)8-15-6-4-10(16)5-7-15/h1-3,10,16H,4-8H2. The zero-order chi connectivity index (χ0) is 11.5. The fraction of sp³-hybridized carbons (Fsp3) is 0.500. The van der Waals surface area contributed by atoms with Crippen molar-refractivity contribution in [2.24, 2.45) is 0 Å². The van der Waals surface area contributed by atoms with Crippen LogP contribution in [0.25, 0.3) is 0 Å².